The molecule has 0 saturated heterocycles. The molecule has 0 aliphatic carbocycles. The summed E-state index contributed by atoms with van der Waals surface area (Å²) in [6.45, 7) is 0.307. The average Bonchev–Trinajstić information content (AvgIpc) is 2.46. The summed E-state index contributed by atoms with van der Waals surface area (Å²) in [4.78, 5) is 15.2. The summed E-state index contributed by atoms with van der Waals surface area (Å²) < 4.78 is 10.6. The molecule has 0 radical (unpaired) electrons. The Balaban J connectivity index is 2.07. The van der Waals surface area contributed by atoms with Crippen molar-refractivity contribution < 1.29 is 14.3 Å². The Morgan fingerprint density at radius 1 is 1.26 bits per heavy atom. The molecule has 5 heteroatoms. The standard InChI is InChI=1S/C14H14N2O3/c1-18-11-6-4-10(5-7-11)9-19-14-12(13(15)17)3-2-8-16-14/h2-8H,9H2,1H3,(H2,15,17). The van der Waals surface area contributed by atoms with Gasteiger partial charge in [0.05, 0.1) is 7.11 Å². The molecular formula is C14H14N2O3. The monoisotopic (exact) mass is 258 g/mol. The van der Waals surface area contributed by atoms with Crippen LogP contribution >= 0.6 is 0 Å². The Morgan fingerprint density at radius 3 is 2.63 bits per heavy atom. The van der Waals surface area contributed by atoms with E-state index in [1.807, 2.05) is 24.3 Å². The highest BCUT2D eigenvalue weighted by molar-refractivity contribution is 5.94. The molecule has 0 atom stereocenters. The maximum Gasteiger partial charge on any atom is 0.254 e. The van der Waals surface area contributed by atoms with E-state index in [2.05, 4.69) is 4.98 Å². The fourth-order valence-corrected chi connectivity index (χ4v) is 1.57. The predicted molar refractivity (Wildman–Crippen MR) is 70.1 cm³/mol. The van der Waals surface area contributed by atoms with Crippen molar-refractivity contribution in [1.82, 2.24) is 4.98 Å². The summed E-state index contributed by atoms with van der Waals surface area (Å²) >= 11 is 0. The fourth-order valence-electron chi connectivity index (χ4n) is 1.57. The van der Waals surface area contributed by atoms with Gasteiger partial charge in [-0.05, 0) is 29.8 Å². The van der Waals surface area contributed by atoms with Crippen LogP contribution in [0.15, 0.2) is 42.6 Å². The first kappa shape index (κ1) is 12.9. The molecule has 5 nitrogen and oxygen atoms in total. The molecule has 1 amide bonds. The van der Waals surface area contributed by atoms with E-state index in [4.69, 9.17) is 15.2 Å². The molecule has 1 heterocycles. The second kappa shape index (κ2) is 5.86. The number of primary amides is 1. The van der Waals surface area contributed by atoms with Gasteiger partial charge < -0.3 is 15.2 Å². The lowest BCUT2D eigenvalue weighted by atomic mass is 10.2. The van der Waals surface area contributed by atoms with Crippen LogP contribution < -0.4 is 15.2 Å². The quantitative estimate of drug-likeness (QED) is 0.886. The highest BCUT2D eigenvalue weighted by atomic mass is 16.5. The minimum absolute atomic E-state index is 0.241. The zero-order valence-electron chi connectivity index (χ0n) is 10.5. The Labute approximate surface area is 111 Å². The molecule has 1 aromatic carbocycles. The van der Waals surface area contributed by atoms with E-state index in [-0.39, 0.29) is 11.4 Å². The SMILES string of the molecule is COc1ccc(COc2ncccc2C(N)=O)cc1. The predicted octanol–water partition coefficient (Wildman–Crippen LogP) is 1.77. The molecular weight excluding hydrogens is 244 g/mol. The lowest BCUT2D eigenvalue weighted by molar-refractivity contribution is 0.0995. The molecule has 0 spiro atoms. The second-order valence-electron chi connectivity index (χ2n) is 3.86. The van der Waals surface area contributed by atoms with E-state index >= 15 is 0 Å². The van der Waals surface area contributed by atoms with E-state index in [9.17, 15) is 4.79 Å². The van der Waals surface area contributed by atoms with Gasteiger partial charge in [-0.25, -0.2) is 4.98 Å². The van der Waals surface area contributed by atoms with Crippen molar-refractivity contribution in [2.24, 2.45) is 5.73 Å². The van der Waals surface area contributed by atoms with Gasteiger partial charge in [0.2, 0.25) is 5.88 Å². The first-order valence-electron chi connectivity index (χ1n) is 5.71. The summed E-state index contributed by atoms with van der Waals surface area (Å²) in [5.41, 5.74) is 6.47. The van der Waals surface area contributed by atoms with Crippen LogP contribution in [-0.4, -0.2) is 18.0 Å². The summed E-state index contributed by atoms with van der Waals surface area (Å²) in [6, 6.07) is 10.7. The van der Waals surface area contributed by atoms with Crippen LogP contribution in [0.5, 0.6) is 11.6 Å². The zero-order chi connectivity index (χ0) is 13.7. The lowest BCUT2D eigenvalue weighted by Crippen LogP contribution is -2.13. The molecule has 1 aromatic heterocycles. The summed E-state index contributed by atoms with van der Waals surface area (Å²) in [6.07, 6.45) is 1.55. The van der Waals surface area contributed by atoms with E-state index in [1.165, 1.54) is 0 Å². The third-order valence-electron chi connectivity index (χ3n) is 2.57. The molecule has 0 saturated carbocycles. The molecule has 0 unspecified atom stereocenters. The molecule has 19 heavy (non-hydrogen) atoms. The topological polar surface area (TPSA) is 74.4 Å². The number of nitrogens with two attached hydrogens (primary N) is 1. The molecule has 2 rings (SSSR count). The number of pyridine rings is 1. The van der Waals surface area contributed by atoms with Gasteiger partial charge in [-0.1, -0.05) is 12.1 Å². The van der Waals surface area contributed by atoms with Crippen LogP contribution in [0.25, 0.3) is 0 Å². The van der Waals surface area contributed by atoms with Crippen LogP contribution in [0.3, 0.4) is 0 Å². The highest BCUT2D eigenvalue weighted by Crippen LogP contribution is 2.17. The molecule has 98 valence electrons. The number of aromatic nitrogens is 1. The molecule has 0 aliphatic heterocycles. The highest BCUT2D eigenvalue weighted by Gasteiger charge is 2.09. The van der Waals surface area contributed by atoms with Crippen molar-refractivity contribution in [3.05, 3.63) is 53.7 Å². The first-order chi connectivity index (χ1) is 9.20. The van der Waals surface area contributed by atoms with Crippen LogP contribution in [0.4, 0.5) is 0 Å². The van der Waals surface area contributed by atoms with Crippen LogP contribution in [0.1, 0.15) is 15.9 Å². The van der Waals surface area contributed by atoms with Gasteiger partial charge in [-0.15, -0.1) is 0 Å². The number of rotatable bonds is 5. The van der Waals surface area contributed by atoms with Gasteiger partial charge in [0, 0.05) is 6.20 Å². The maximum atomic E-state index is 11.2. The molecule has 2 N–H and O–H groups in total. The number of hydrogen-bond acceptors (Lipinski definition) is 4. The maximum absolute atomic E-state index is 11.2. The Kier molecular flexibility index (Phi) is 3.97. The van der Waals surface area contributed by atoms with E-state index in [1.54, 1.807) is 25.4 Å². The van der Waals surface area contributed by atoms with E-state index in [0.29, 0.717) is 6.61 Å². The van der Waals surface area contributed by atoms with Crippen LogP contribution in [0, 0.1) is 0 Å². The minimum atomic E-state index is -0.558. The van der Waals surface area contributed by atoms with Crippen molar-refractivity contribution >= 4 is 5.91 Å². The lowest BCUT2D eigenvalue weighted by Gasteiger charge is -2.08. The number of ether oxygens (including phenoxy) is 2. The Morgan fingerprint density at radius 2 is 2.00 bits per heavy atom. The number of hydrogen-bond donors (Lipinski definition) is 1. The Hall–Kier alpha value is -2.56. The number of carbonyl (C=O) groups excluding carboxylic acids is 1. The van der Waals surface area contributed by atoms with Crippen LogP contribution in [0.2, 0.25) is 0 Å². The van der Waals surface area contributed by atoms with Crippen molar-refractivity contribution in [3.8, 4) is 11.6 Å². The number of nitrogens with zero attached hydrogens (tertiary/aromatic N) is 1. The minimum Gasteiger partial charge on any atom is -0.497 e. The Bertz CT molecular complexity index is 567. The number of benzene rings is 1. The average molecular weight is 258 g/mol. The summed E-state index contributed by atoms with van der Waals surface area (Å²) in [7, 11) is 1.61. The smallest absolute Gasteiger partial charge is 0.254 e. The van der Waals surface area contributed by atoms with Crippen molar-refractivity contribution in [1.29, 1.82) is 0 Å². The van der Waals surface area contributed by atoms with Crippen LogP contribution in [-0.2, 0) is 6.61 Å². The van der Waals surface area contributed by atoms with E-state index < -0.39 is 5.91 Å². The number of carbonyl (C=O) groups is 1. The third kappa shape index (κ3) is 3.22. The molecule has 0 aliphatic rings. The largest absolute Gasteiger partial charge is 0.497 e. The second-order valence-corrected chi connectivity index (χ2v) is 3.86. The first-order valence-corrected chi connectivity index (χ1v) is 5.71. The summed E-state index contributed by atoms with van der Waals surface area (Å²) in [5, 5.41) is 0. The molecule has 2 aromatic rings. The van der Waals surface area contributed by atoms with Crippen molar-refractivity contribution in [2.75, 3.05) is 7.11 Å². The van der Waals surface area contributed by atoms with Gasteiger partial charge in [0.15, 0.2) is 0 Å². The summed E-state index contributed by atoms with van der Waals surface area (Å²) in [5.74, 6) is 0.461. The zero-order valence-corrected chi connectivity index (χ0v) is 10.5. The van der Waals surface area contributed by atoms with E-state index in [0.717, 1.165) is 11.3 Å². The van der Waals surface area contributed by atoms with Gasteiger partial charge in [0.25, 0.3) is 5.91 Å². The normalized spacial score (nSPS) is 9.95. The van der Waals surface area contributed by atoms with Crippen molar-refractivity contribution in [2.45, 2.75) is 6.61 Å². The van der Waals surface area contributed by atoms with Gasteiger partial charge >= 0.3 is 0 Å². The number of methoxy groups -OCH3 is 1. The number of amides is 1. The van der Waals surface area contributed by atoms with Gasteiger partial charge in [-0.2, -0.15) is 0 Å². The fraction of sp³-hybridized carbons (Fsp3) is 0.143. The third-order valence-corrected chi connectivity index (χ3v) is 2.57. The molecule has 0 bridgehead atoms. The van der Waals surface area contributed by atoms with Gasteiger partial charge in [-0.3, -0.25) is 4.79 Å². The van der Waals surface area contributed by atoms with Crippen molar-refractivity contribution in [3.63, 3.8) is 0 Å². The molecule has 0 fully saturated rings. The van der Waals surface area contributed by atoms with Gasteiger partial charge in [0.1, 0.15) is 17.9 Å².